The summed E-state index contributed by atoms with van der Waals surface area (Å²) in [5.74, 6) is -0.580. The van der Waals surface area contributed by atoms with E-state index >= 15 is 4.39 Å². The van der Waals surface area contributed by atoms with E-state index in [4.69, 9.17) is 0 Å². The van der Waals surface area contributed by atoms with Gasteiger partial charge in [-0.05, 0) is 36.3 Å². The molecule has 138 valence electrons. The highest BCUT2D eigenvalue weighted by Crippen LogP contribution is 2.27. The molecule has 0 aliphatic carbocycles. The third-order valence-corrected chi connectivity index (χ3v) is 5.56. The molecule has 3 aromatic rings. The van der Waals surface area contributed by atoms with Crippen molar-refractivity contribution in [1.29, 1.82) is 0 Å². The van der Waals surface area contributed by atoms with Gasteiger partial charge in [-0.3, -0.25) is 0 Å². The van der Waals surface area contributed by atoms with Gasteiger partial charge < -0.3 is 0 Å². The van der Waals surface area contributed by atoms with Crippen LogP contribution >= 0.6 is 0 Å². The molecular formula is C22H20FNO2S. The maximum atomic E-state index is 15.1. The van der Waals surface area contributed by atoms with Crippen LogP contribution in [0.25, 0.3) is 6.08 Å². The number of rotatable bonds is 6. The maximum absolute atomic E-state index is 15.1. The normalized spacial score (nSPS) is 13.3. The average molecular weight is 381 g/mol. The van der Waals surface area contributed by atoms with E-state index in [2.05, 4.69) is 4.72 Å². The first kappa shape index (κ1) is 19.0. The van der Waals surface area contributed by atoms with Gasteiger partial charge in [0.15, 0.2) is 0 Å². The molecule has 1 N–H and O–H groups in total. The van der Waals surface area contributed by atoms with Crippen molar-refractivity contribution in [2.24, 2.45) is 0 Å². The van der Waals surface area contributed by atoms with Crippen molar-refractivity contribution in [3.8, 4) is 0 Å². The Labute approximate surface area is 159 Å². The molecule has 0 saturated heterocycles. The van der Waals surface area contributed by atoms with Gasteiger partial charge in [-0.2, -0.15) is 4.72 Å². The SMILES string of the molecule is Cc1ccc(S(=O)(=O)NC(/C(F)=C/c2ccccc2)c2ccccc2)cc1. The first-order chi connectivity index (χ1) is 13.0. The predicted octanol–water partition coefficient (Wildman–Crippen LogP) is 5.03. The lowest BCUT2D eigenvalue weighted by molar-refractivity contribution is 0.516. The Balaban J connectivity index is 1.98. The van der Waals surface area contributed by atoms with Gasteiger partial charge in [-0.25, -0.2) is 12.8 Å². The summed E-state index contributed by atoms with van der Waals surface area (Å²) in [5, 5.41) is 0. The molecule has 0 aliphatic heterocycles. The zero-order valence-corrected chi connectivity index (χ0v) is 15.7. The summed E-state index contributed by atoms with van der Waals surface area (Å²) in [4.78, 5) is 0.0987. The first-order valence-corrected chi connectivity index (χ1v) is 10.00. The molecule has 0 heterocycles. The van der Waals surface area contributed by atoms with E-state index in [9.17, 15) is 8.42 Å². The van der Waals surface area contributed by atoms with E-state index in [-0.39, 0.29) is 4.90 Å². The minimum atomic E-state index is -3.89. The van der Waals surface area contributed by atoms with Crippen LogP contribution in [0.3, 0.4) is 0 Å². The van der Waals surface area contributed by atoms with Gasteiger partial charge >= 0.3 is 0 Å². The molecule has 0 saturated carbocycles. The maximum Gasteiger partial charge on any atom is 0.241 e. The smallest absolute Gasteiger partial charge is 0.210 e. The van der Waals surface area contributed by atoms with Crippen molar-refractivity contribution < 1.29 is 12.8 Å². The summed E-state index contributed by atoms with van der Waals surface area (Å²) in [7, 11) is -3.89. The van der Waals surface area contributed by atoms with E-state index < -0.39 is 21.9 Å². The number of aryl methyl sites for hydroxylation is 1. The van der Waals surface area contributed by atoms with Gasteiger partial charge in [-0.15, -0.1) is 0 Å². The van der Waals surface area contributed by atoms with Crippen LogP contribution in [0.5, 0.6) is 0 Å². The summed E-state index contributed by atoms with van der Waals surface area (Å²) in [6, 6.07) is 23.0. The van der Waals surface area contributed by atoms with Crippen LogP contribution in [-0.4, -0.2) is 8.42 Å². The Kier molecular flexibility index (Phi) is 5.84. The second-order valence-electron chi connectivity index (χ2n) is 6.22. The molecule has 3 nitrogen and oxygen atoms in total. The van der Waals surface area contributed by atoms with Crippen molar-refractivity contribution in [2.45, 2.75) is 17.9 Å². The van der Waals surface area contributed by atoms with Gasteiger partial charge in [0.25, 0.3) is 0 Å². The highest BCUT2D eigenvalue weighted by molar-refractivity contribution is 7.89. The summed E-state index contributed by atoms with van der Waals surface area (Å²) >= 11 is 0. The molecule has 1 atom stereocenters. The third-order valence-electron chi connectivity index (χ3n) is 4.12. The molecule has 3 rings (SSSR count). The number of nitrogens with one attached hydrogen (secondary N) is 1. The van der Waals surface area contributed by atoms with E-state index in [1.807, 2.05) is 13.0 Å². The van der Waals surface area contributed by atoms with E-state index in [0.29, 0.717) is 11.1 Å². The minimum absolute atomic E-state index is 0.0987. The Morgan fingerprint density at radius 2 is 1.44 bits per heavy atom. The van der Waals surface area contributed by atoms with Gasteiger partial charge in [0.05, 0.1) is 10.9 Å². The molecule has 0 amide bonds. The Morgan fingerprint density at radius 3 is 2.04 bits per heavy atom. The topological polar surface area (TPSA) is 46.2 Å². The summed E-state index contributed by atoms with van der Waals surface area (Å²) in [6.45, 7) is 1.87. The zero-order valence-electron chi connectivity index (χ0n) is 14.8. The molecule has 3 aromatic carbocycles. The fraction of sp³-hybridized carbons (Fsp3) is 0.0909. The molecule has 0 radical (unpaired) electrons. The average Bonchev–Trinajstić information content (AvgIpc) is 2.68. The molecule has 0 aromatic heterocycles. The second-order valence-corrected chi connectivity index (χ2v) is 7.93. The molecule has 5 heteroatoms. The minimum Gasteiger partial charge on any atom is -0.210 e. The Hall–Kier alpha value is -2.76. The van der Waals surface area contributed by atoms with E-state index in [1.54, 1.807) is 66.7 Å². The quantitative estimate of drug-likeness (QED) is 0.651. The first-order valence-electron chi connectivity index (χ1n) is 8.52. The highest BCUT2D eigenvalue weighted by atomic mass is 32.2. The van der Waals surface area contributed by atoms with Crippen LogP contribution in [0.2, 0.25) is 0 Å². The molecule has 0 bridgehead atoms. The van der Waals surface area contributed by atoms with Gasteiger partial charge in [0.2, 0.25) is 10.0 Å². The largest absolute Gasteiger partial charge is 0.241 e. The predicted molar refractivity (Wildman–Crippen MR) is 106 cm³/mol. The van der Waals surface area contributed by atoms with Crippen LogP contribution in [0, 0.1) is 6.92 Å². The molecule has 27 heavy (non-hydrogen) atoms. The Bertz CT molecular complexity index is 1010. The van der Waals surface area contributed by atoms with Crippen LogP contribution in [-0.2, 0) is 10.0 Å². The number of hydrogen-bond acceptors (Lipinski definition) is 2. The van der Waals surface area contributed by atoms with Crippen molar-refractivity contribution in [3.63, 3.8) is 0 Å². The van der Waals surface area contributed by atoms with Crippen LogP contribution in [0.15, 0.2) is 95.7 Å². The lowest BCUT2D eigenvalue weighted by atomic mass is 10.1. The second kappa shape index (κ2) is 8.29. The molecule has 0 spiro atoms. The summed E-state index contributed by atoms with van der Waals surface area (Å²) in [6.07, 6.45) is 1.34. The lowest BCUT2D eigenvalue weighted by Gasteiger charge is -2.18. The van der Waals surface area contributed by atoms with Crippen molar-refractivity contribution in [1.82, 2.24) is 4.72 Å². The molecule has 1 unspecified atom stereocenters. The fourth-order valence-corrected chi connectivity index (χ4v) is 3.85. The molecule has 0 aliphatic rings. The number of hydrogen-bond donors (Lipinski definition) is 1. The zero-order chi connectivity index (χ0) is 19.3. The fourth-order valence-electron chi connectivity index (χ4n) is 2.66. The van der Waals surface area contributed by atoms with Gasteiger partial charge in [0.1, 0.15) is 5.83 Å². The van der Waals surface area contributed by atoms with Crippen molar-refractivity contribution in [2.75, 3.05) is 0 Å². The lowest BCUT2D eigenvalue weighted by Crippen LogP contribution is -2.29. The monoisotopic (exact) mass is 381 g/mol. The van der Waals surface area contributed by atoms with Crippen LogP contribution in [0.1, 0.15) is 22.7 Å². The van der Waals surface area contributed by atoms with Crippen LogP contribution in [0.4, 0.5) is 4.39 Å². The summed E-state index contributed by atoms with van der Waals surface area (Å²) in [5.41, 5.74) is 2.13. The van der Waals surface area contributed by atoms with Crippen LogP contribution < -0.4 is 4.72 Å². The standard InChI is InChI=1S/C22H20FNO2S/c1-17-12-14-20(15-13-17)27(25,26)24-22(19-10-6-3-7-11-19)21(23)16-18-8-4-2-5-9-18/h2-16,22,24H,1H3/b21-16-. The summed E-state index contributed by atoms with van der Waals surface area (Å²) < 4.78 is 43.1. The third kappa shape index (κ3) is 4.90. The number of benzene rings is 3. The molecular weight excluding hydrogens is 361 g/mol. The van der Waals surface area contributed by atoms with Crippen molar-refractivity contribution in [3.05, 3.63) is 107 Å². The number of halogens is 1. The number of sulfonamides is 1. The van der Waals surface area contributed by atoms with Crippen molar-refractivity contribution >= 4 is 16.1 Å². The Morgan fingerprint density at radius 1 is 0.889 bits per heavy atom. The highest BCUT2D eigenvalue weighted by Gasteiger charge is 2.24. The van der Waals surface area contributed by atoms with E-state index in [1.165, 1.54) is 18.2 Å². The van der Waals surface area contributed by atoms with Gasteiger partial charge in [-0.1, -0.05) is 78.4 Å². The van der Waals surface area contributed by atoms with E-state index in [0.717, 1.165) is 5.56 Å². The van der Waals surface area contributed by atoms with Gasteiger partial charge in [0, 0.05) is 0 Å². The molecule has 0 fully saturated rings.